The topological polar surface area (TPSA) is 200 Å². The third-order valence-electron chi connectivity index (χ3n) is 12.2. The van der Waals surface area contributed by atoms with E-state index >= 15 is 0 Å². The second kappa shape index (κ2) is 30.7. The number of amides is 2. The molecule has 0 bridgehead atoms. The predicted molar refractivity (Wildman–Crippen MR) is 285 cm³/mol. The molecule has 0 spiro atoms. The highest BCUT2D eigenvalue weighted by Gasteiger charge is 2.32. The number of nitrogens with zero attached hydrogens (tertiary/aromatic N) is 1. The van der Waals surface area contributed by atoms with Crippen molar-refractivity contribution in [2.24, 2.45) is 5.73 Å². The Morgan fingerprint density at radius 2 is 1.00 bits per heavy atom. The molecule has 7 rings (SSSR count). The van der Waals surface area contributed by atoms with Gasteiger partial charge in [0, 0.05) is 91.0 Å². The Morgan fingerprint density at radius 1 is 0.566 bits per heavy atom. The number of benzene rings is 4. The van der Waals surface area contributed by atoms with Crippen molar-refractivity contribution >= 4 is 62.4 Å². The summed E-state index contributed by atoms with van der Waals surface area (Å²) >= 11 is 0. The lowest BCUT2D eigenvalue weighted by Crippen LogP contribution is -2.43. The van der Waals surface area contributed by atoms with Gasteiger partial charge in [0.2, 0.25) is 46.6 Å². The van der Waals surface area contributed by atoms with E-state index in [2.05, 4.69) is 37.0 Å². The summed E-state index contributed by atoms with van der Waals surface area (Å²) in [5.41, 5.74) is 11.3. The lowest BCUT2D eigenvalue weighted by atomic mass is 10.0. The van der Waals surface area contributed by atoms with Crippen LogP contribution >= 0.6 is 0 Å². The van der Waals surface area contributed by atoms with Gasteiger partial charge in [-0.1, -0.05) is 121 Å². The number of esters is 3. The number of ether oxygens (including phenoxy) is 3. The van der Waals surface area contributed by atoms with Crippen LogP contribution in [0, 0.1) is 29.1 Å². The van der Waals surface area contributed by atoms with Crippen molar-refractivity contribution in [1.29, 1.82) is 0 Å². The van der Waals surface area contributed by atoms with Crippen molar-refractivity contribution < 1.29 is 60.1 Å². The number of H-pyrrole nitrogens is 2. The fraction of sp³-hybridized carbons (Fsp3) is 0.386. The third-order valence-corrected chi connectivity index (χ3v) is 12.2. The van der Waals surface area contributed by atoms with Crippen LogP contribution in [-0.4, -0.2) is 76.6 Å². The van der Waals surface area contributed by atoms with Gasteiger partial charge >= 0.3 is 17.9 Å². The smallest absolute Gasteiger partial charge is 0.334 e. The van der Waals surface area contributed by atoms with Gasteiger partial charge in [-0.25, -0.2) is 22.8 Å². The van der Waals surface area contributed by atoms with E-state index in [1.807, 2.05) is 96.0 Å². The Hall–Kier alpha value is -7.54. The van der Waals surface area contributed by atoms with Crippen LogP contribution < -0.4 is 21.1 Å². The first-order valence-corrected chi connectivity index (χ1v) is 24.3. The van der Waals surface area contributed by atoms with E-state index in [4.69, 9.17) is 10.5 Å². The van der Waals surface area contributed by atoms with E-state index < -0.39 is 70.8 Å². The summed E-state index contributed by atoms with van der Waals surface area (Å²) in [4.78, 5) is 64.9. The summed E-state index contributed by atoms with van der Waals surface area (Å²) in [6.45, 7) is 5.43. The van der Waals surface area contributed by atoms with Crippen molar-refractivity contribution in [3.05, 3.63) is 137 Å². The number of aromatic nitrogens is 3. The Balaban J connectivity index is 0.000000340. The number of para-hydroxylation sites is 3. The van der Waals surface area contributed by atoms with E-state index in [9.17, 15) is 45.9 Å². The number of nitrogens with one attached hydrogen (secondary N) is 4. The molecule has 412 valence electrons. The highest BCUT2D eigenvalue weighted by molar-refractivity contribution is 5.89. The molecule has 3 atom stereocenters. The fourth-order valence-corrected chi connectivity index (χ4v) is 8.46. The number of methoxy groups -OCH3 is 2. The quantitative estimate of drug-likeness (QED) is 0.0116. The maximum absolute atomic E-state index is 14.1. The molecule has 14 nitrogen and oxygen atoms in total. The molecule has 0 aliphatic heterocycles. The number of hydrogen-bond donors (Lipinski definition) is 5. The summed E-state index contributed by atoms with van der Waals surface area (Å²) in [5, 5.41) is 7.90. The van der Waals surface area contributed by atoms with Crippen LogP contribution in [0.3, 0.4) is 0 Å². The fourth-order valence-electron chi connectivity index (χ4n) is 8.46. The first-order valence-electron chi connectivity index (χ1n) is 24.3. The maximum atomic E-state index is 14.1. The molecule has 0 fully saturated rings. The highest BCUT2D eigenvalue weighted by atomic mass is 19.2. The van der Waals surface area contributed by atoms with Gasteiger partial charge in [0.25, 0.3) is 0 Å². The lowest BCUT2D eigenvalue weighted by molar-refractivity contribution is -0.144. The maximum Gasteiger partial charge on any atom is 0.334 e. The molecule has 19 heteroatoms. The monoisotopic (exact) mass is 1060 g/mol. The number of aromatic amines is 2. The standard InChI is InChI=1S/C29H33F5N2O3.C14H16N2O3.C12H14N2O2.2CH4/c1-3-4-5-6-7-8-9-12-15-36-17-19(20-13-10-11-14-22(20)36)16-21(35-18(2)37)29(38)39-28-26(33)24(31)23(30)25(32)27(28)34;1-9(17)16-13(14(18)19-2)7-10-8-15-12-6-4-3-5-11(10)12;1-16-12(15)10(13)6-8-7-14-11-5-3-2-4-9(8)11;;/h10-11,13-14,17,21H,3-9,12,15-16H2,1-2H3,(H,35,37);3-6,8,13,15H,7H2,1-2H3,(H,16,17);2-5,7,10,14H,6,13H2,1H3;2*1H4. The molecule has 3 unspecified atom stereocenters. The summed E-state index contributed by atoms with van der Waals surface area (Å²) in [6, 6.07) is 20.5. The average molecular weight is 1060 g/mol. The molecule has 0 saturated carbocycles. The summed E-state index contributed by atoms with van der Waals surface area (Å²) < 4.78 is 84.7. The number of carbonyl (C=O) groups excluding carboxylic acids is 5. The van der Waals surface area contributed by atoms with E-state index in [1.165, 1.54) is 53.2 Å². The second-order valence-corrected chi connectivity index (χ2v) is 17.7. The molecule has 3 aromatic heterocycles. The first-order chi connectivity index (χ1) is 35.5. The summed E-state index contributed by atoms with van der Waals surface area (Å²) in [5.74, 6) is -16.2. The van der Waals surface area contributed by atoms with Crippen molar-refractivity contribution in [3.8, 4) is 5.75 Å². The molecule has 0 radical (unpaired) electrons. The lowest BCUT2D eigenvalue weighted by Gasteiger charge is -2.17. The highest BCUT2D eigenvalue weighted by Crippen LogP contribution is 2.30. The van der Waals surface area contributed by atoms with Crippen molar-refractivity contribution in [2.45, 2.75) is 131 Å². The minimum absolute atomic E-state index is 0. The molecular weight excluding hydrogens is 992 g/mol. The van der Waals surface area contributed by atoms with E-state index in [0.29, 0.717) is 18.4 Å². The normalized spacial score (nSPS) is 11.9. The molecule has 0 saturated heterocycles. The zero-order valence-corrected chi connectivity index (χ0v) is 42.1. The molecule has 76 heavy (non-hydrogen) atoms. The van der Waals surface area contributed by atoms with Crippen molar-refractivity contribution in [3.63, 3.8) is 0 Å². The number of rotatable bonds is 21. The Kier molecular flexibility index (Phi) is 25.4. The zero-order valence-electron chi connectivity index (χ0n) is 42.1. The molecule has 6 N–H and O–H groups in total. The SMILES string of the molecule is C.C.CCCCCCCCCCn1cc(CC(NC(C)=O)C(=O)Oc2c(F)c(F)c(F)c(F)c2F)c2ccccc21.COC(=O)C(Cc1c[nH]c2ccccc12)NC(C)=O.COC(=O)C(N)Cc1c[nH]c2ccccc12. The predicted octanol–water partition coefficient (Wildman–Crippen LogP) is 11.0. The van der Waals surface area contributed by atoms with Gasteiger partial charge in [0.15, 0.2) is 0 Å². The Bertz CT molecular complexity index is 3000. The first kappa shape index (κ1) is 62.8. The largest absolute Gasteiger partial charge is 0.468 e. The molecule has 3 heterocycles. The number of aryl methyl sites for hydroxylation is 1. The van der Waals surface area contributed by atoms with Gasteiger partial charge in [0.05, 0.1) is 14.2 Å². The van der Waals surface area contributed by atoms with Crippen molar-refractivity contribution in [1.82, 2.24) is 25.2 Å². The average Bonchev–Trinajstić information content (AvgIpc) is 4.11. The van der Waals surface area contributed by atoms with E-state index in [1.54, 1.807) is 0 Å². The minimum Gasteiger partial charge on any atom is -0.468 e. The number of carbonyl (C=O) groups is 5. The number of unbranched alkanes of at least 4 members (excludes halogenated alkanes) is 7. The van der Waals surface area contributed by atoms with Gasteiger partial charge in [-0.2, -0.15) is 8.78 Å². The zero-order chi connectivity index (χ0) is 53.9. The van der Waals surface area contributed by atoms with Crippen LogP contribution in [0.25, 0.3) is 32.7 Å². The van der Waals surface area contributed by atoms with Gasteiger partial charge < -0.3 is 45.1 Å². The van der Waals surface area contributed by atoms with Gasteiger partial charge in [-0.15, -0.1) is 0 Å². The number of nitrogens with two attached hydrogens (primary N) is 1. The van der Waals surface area contributed by atoms with Crippen molar-refractivity contribution in [2.75, 3.05) is 14.2 Å². The Labute approximate surface area is 440 Å². The molecule has 0 aliphatic carbocycles. The second-order valence-electron chi connectivity index (χ2n) is 17.7. The number of fused-ring (bicyclic) bond motifs is 3. The third kappa shape index (κ3) is 17.0. The summed E-state index contributed by atoms with van der Waals surface area (Å²) in [6.07, 6.45) is 15.6. The molecular formula is C57H71F5N6O8. The van der Waals surface area contributed by atoms with E-state index in [-0.39, 0.29) is 33.2 Å². The van der Waals surface area contributed by atoms with Gasteiger partial charge in [-0.3, -0.25) is 14.4 Å². The number of halogens is 5. The Morgan fingerprint density at radius 3 is 1.51 bits per heavy atom. The summed E-state index contributed by atoms with van der Waals surface area (Å²) in [7, 11) is 2.66. The van der Waals surface area contributed by atoms with Crippen LogP contribution in [0.4, 0.5) is 22.0 Å². The van der Waals surface area contributed by atoms with Gasteiger partial charge in [-0.05, 0) is 41.3 Å². The molecule has 4 aromatic carbocycles. The van der Waals surface area contributed by atoms with Crippen LogP contribution in [0.2, 0.25) is 0 Å². The van der Waals surface area contributed by atoms with Gasteiger partial charge in [0.1, 0.15) is 18.1 Å². The van der Waals surface area contributed by atoms with Crippen LogP contribution in [0.15, 0.2) is 91.4 Å². The molecule has 0 aliphatic rings. The number of hydrogen-bond acceptors (Lipinski definition) is 9. The van der Waals surface area contributed by atoms with E-state index in [0.717, 1.165) is 76.6 Å². The molecule has 2 amide bonds. The van der Waals surface area contributed by atoms with Crippen LogP contribution in [0.5, 0.6) is 5.75 Å². The van der Waals surface area contributed by atoms with Crippen LogP contribution in [-0.2, 0) is 59.3 Å². The minimum atomic E-state index is -2.37. The molecule has 7 aromatic rings. The van der Waals surface area contributed by atoms with Crippen LogP contribution in [0.1, 0.15) is 104 Å².